The van der Waals surface area contributed by atoms with Gasteiger partial charge in [0.1, 0.15) is 5.65 Å². The van der Waals surface area contributed by atoms with Gasteiger partial charge in [-0.25, -0.2) is 4.98 Å². The summed E-state index contributed by atoms with van der Waals surface area (Å²) in [7, 11) is 0. The van der Waals surface area contributed by atoms with E-state index in [1.54, 1.807) is 6.07 Å². The number of hydrogen-bond donors (Lipinski definition) is 1. The van der Waals surface area contributed by atoms with Gasteiger partial charge in [-0.2, -0.15) is 0 Å². The summed E-state index contributed by atoms with van der Waals surface area (Å²) >= 11 is 11.9. The van der Waals surface area contributed by atoms with Crippen molar-refractivity contribution in [2.24, 2.45) is 0 Å². The first-order valence-corrected chi connectivity index (χ1v) is 7.00. The first-order chi connectivity index (χ1) is 9.61. The summed E-state index contributed by atoms with van der Waals surface area (Å²) in [6, 6.07) is 9.60. The van der Waals surface area contributed by atoms with Gasteiger partial charge in [0.25, 0.3) is 0 Å². The van der Waals surface area contributed by atoms with Crippen LogP contribution in [-0.4, -0.2) is 9.38 Å². The first kappa shape index (κ1) is 13.3. The van der Waals surface area contributed by atoms with E-state index in [0.29, 0.717) is 16.6 Å². The van der Waals surface area contributed by atoms with E-state index in [9.17, 15) is 0 Å². The normalized spacial score (nSPS) is 10.9. The van der Waals surface area contributed by atoms with Crippen molar-refractivity contribution in [3.05, 3.63) is 64.0 Å². The van der Waals surface area contributed by atoms with Gasteiger partial charge in [0.05, 0.1) is 22.3 Å². The molecule has 0 radical (unpaired) electrons. The van der Waals surface area contributed by atoms with Crippen molar-refractivity contribution in [3.63, 3.8) is 0 Å². The quantitative estimate of drug-likeness (QED) is 0.768. The number of pyridine rings is 1. The van der Waals surface area contributed by atoms with Crippen molar-refractivity contribution in [1.29, 1.82) is 0 Å². The predicted molar refractivity (Wildman–Crippen MR) is 83.7 cm³/mol. The smallest absolute Gasteiger partial charge is 0.137 e. The maximum absolute atomic E-state index is 5.99. The van der Waals surface area contributed by atoms with E-state index in [1.807, 2.05) is 28.9 Å². The average Bonchev–Trinajstić information content (AvgIpc) is 2.82. The molecule has 3 rings (SSSR count). The number of benzene rings is 1. The van der Waals surface area contributed by atoms with E-state index in [0.717, 1.165) is 17.0 Å². The van der Waals surface area contributed by atoms with Crippen LogP contribution in [0.5, 0.6) is 0 Å². The van der Waals surface area contributed by atoms with E-state index in [-0.39, 0.29) is 0 Å². The highest BCUT2D eigenvalue weighted by atomic mass is 35.5. The molecule has 1 N–H and O–H groups in total. The molecule has 0 saturated heterocycles. The Kier molecular flexibility index (Phi) is 3.55. The minimum absolute atomic E-state index is 0.544. The van der Waals surface area contributed by atoms with Gasteiger partial charge in [-0.3, -0.25) is 0 Å². The lowest BCUT2D eigenvalue weighted by atomic mass is 10.3. The van der Waals surface area contributed by atoms with E-state index in [2.05, 4.69) is 29.4 Å². The molecule has 2 heterocycles. The molecule has 0 atom stereocenters. The predicted octanol–water partition coefficient (Wildman–Crippen LogP) is 4.56. The molecule has 0 unspecified atom stereocenters. The Labute approximate surface area is 127 Å². The average molecular weight is 306 g/mol. The summed E-state index contributed by atoms with van der Waals surface area (Å²) in [6.07, 6.45) is 4.03. The Morgan fingerprint density at radius 1 is 1.15 bits per heavy atom. The number of aromatic nitrogens is 2. The van der Waals surface area contributed by atoms with Crippen LogP contribution in [0.4, 0.5) is 5.69 Å². The van der Waals surface area contributed by atoms with Gasteiger partial charge >= 0.3 is 0 Å². The molecule has 0 spiro atoms. The molecule has 0 saturated carbocycles. The fourth-order valence-electron chi connectivity index (χ4n) is 2.02. The number of fused-ring (bicyclic) bond motifs is 1. The van der Waals surface area contributed by atoms with Crippen molar-refractivity contribution in [3.8, 4) is 0 Å². The molecule has 5 heteroatoms. The monoisotopic (exact) mass is 305 g/mol. The van der Waals surface area contributed by atoms with Gasteiger partial charge in [0, 0.05) is 18.1 Å². The van der Waals surface area contributed by atoms with Crippen LogP contribution < -0.4 is 5.32 Å². The Morgan fingerprint density at radius 3 is 2.80 bits per heavy atom. The standard InChI is InChI=1S/C15H13Cl2N3/c1-10-4-5-20-9-12(19-15(20)6-10)8-18-11-2-3-13(16)14(17)7-11/h2-7,9,18H,8H2,1H3. The summed E-state index contributed by atoms with van der Waals surface area (Å²) in [5, 5.41) is 4.39. The Morgan fingerprint density at radius 2 is 2.00 bits per heavy atom. The van der Waals surface area contributed by atoms with E-state index >= 15 is 0 Å². The maximum Gasteiger partial charge on any atom is 0.137 e. The van der Waals surface area contributed by atoms with Crippen molar-refractivity contribution < 1.29 is 0 Å². The molecule has 0 amide bonds. The lowest BCUT2D eigenvalue weighted by Gasteiger charge is -2.05. The summed E-state index contributed by atoms with van der Waals surface area (Å²) in [5.41, 5.74) is 4.05. The number of rotatable bonds is 3. The number of hydrogen-bond acceptors (Lipinski definition) is 2. The van der Waals surface area contributed by atoms with Crippen molar-refractivity contribution in [2.75, 3.05) is 5.32 Å². The summed E-state index contributed by atoms with van der Waals surface area (Å²) in [4.78, 5) is 4.57. The molecule has 0 bridgehead atoms. The number of anilines is 1. The van der Waals surface area contributed by atoms with Crippen LogP contribution in [0.2, 0.25) is 10.0 Å². The van der Waals surface area contributed by atoms with Crippen molar-refractivity contribution in [2.45, 2.75) is 13.5 Å². The zero-order valence-corrected chi connectivity index (χ0v) is 12.4. The SMILES string of the molecule is Cc1ccn2cc(CNc3ccc(Cl)c(Cl)c3)nc2c1. The third kappa shape index (κ3) is 2.74. The molecule has 0 aliphatic heterocycles. The molecule has 0 fully saturated rings. The minimum atomic E-state index is 0.544. The van der Waals surface area contributed by atoms with Crippen molar-refractivity contribution in [1.82, 2.24) is 9.38 Å². The Bertz CT molecular complexity index is 765. The number of imidazole rings is 1. The van der Waals surface area contributed by atoms with Crippen LogP contribution in [0.1, 0.15) is 11.3 Å². The fraction of sp³-hybridized carbons (Fsp3) is 0.133. The van der Waals surface area contributed by atoms with Crippen LogP contribution in [0, 0.1) is 6.92 Å². The van der Waals surface area contributed by atoms with Crippen LogP contribution in [0.15, 0.2) is 42.7 Å². The van der Waals surface area contributed by atoms with Gasteiger partial charge in [0.2, 0.25) is 0 Å². The topological polar surface area (TPSA) is 29.3 Å². The van der Waals surface area contributed by atoms with Gasteiger partial charge < -0.3 is 9.72 Å². The van der Waals surface area contributed by atoms with Gasteiger partial charge in [-0.15, -0.1) is 0 Å². The minimum Gasteiger partial charge on any atom is -0.379 e. The zero-order valence-electron chi connectivity index (χ0n) is 10.9. The summed E-state index contributed by atoms with van der Waals surface area (Å²) in [5.74, 6) is 0. The maximum atomic E-state index is 5.99. The molecule has 0 aliphatic carbocycles. The number of nitrogens with zero attached hydrogens (tertiary/aromatic N) is 2. The molecule has 102 valence electrons. The molecule has 1 aromatic carbocycles. The van der Waals surface area contributed by atoms with Crippen LogP contribution >= 0.6 is 23.2 Å². The van der Waals surface area contributed by atoms with Gasteiger partial charge in [0.15, 0.2) is 0 Å². The van der Waals surface area contributed by atoms with E-state index in [4.69, 9.17) is 23.2 Å². The van der Waals surface area contributed by atoms with Gasteiger partial charge in [-0.05, 0) is 42.8 Å². The second-order valence-electron chi connectivity index (χ2n) is 4.68. The fourth-order valence-corrected chi connectivity index (χ4v) is 2.32. The third-order valence-corrected chi connectivity index (χ3v) is 3.80. The lowest BCUT2D eigenvalue weighted by molar-refractivity contribution is 1.08. The summed E-state index contributed by atoms with van der Waals surface area (Å²) in [6.45, 7) is 2.70. The molecule has 2 aromatic heterocycles. The lowest BCUT2D eigenvalue weighted by Crippen LogP contribution is -1.99. The Hall–Kier alpha value is -1.71. The van der Waals surface area contributed by atoms with E-state index in [1.165, 1.54) is 5.56 Å². The first-order valence-electron chi connectivity index (χ1n) is 6.25. The van der Waals surface area contributed by atoms with Gasteiger partial charge in [-0.1, -0.05) is 23.2 Å². The third-order valence-electron chi connectivity index (χ3n) is 3.06. The Balaban J connectivity index is 1.77. The number of aryl methyl sites for hydroxylation is 1. The highest BCUT2D eigenvalue weighted by Gasteiger charge is 2.03. The van der Waals surface area contributed by atoms with Crippen LogP contribution in [0.25, 0.3) is 5.65 Å². The molecule has 3 nitrogen and oxygen atoms in total. The number of halogens is 2. The molecular weight excluding hydrogens is 293 g/mol. The number of nitrogens with one attached hydrogen (secondary N) is 1. The van der Waals surface area contributed by atoms with Crippen molar-refractivity contribution >= 4 is 34.5 Å². The second-order valence-corrected chi connectivity index (χ2v) is 5.50. The molecule has 20 heavy (non-hydrogen) atoms. The van der Waals surface area contributed by atoms with E-state index < -0.39 is 0 Å². The summed E-state index contributed by atoms with van der Waals surface area (Å²) < 4.78 is 2.01. The molecular formula is C15H13Cl2N3. The largest absolute Gasteiger partial charge is 0.379 e. The molecule has 3 aromatic rings. The highest BCUT2D eigenvalue weighted by molar-refractivity contribution is 6.42. The highest BCUT2D eigenvalue weighted by Crippen LogP contribution is 2.25. The van der Waals surface area contributed by atoms with Crippen LogP contribution in [0.3, 0.4) is 0 Å². The second kappa shape index (κ2) is 5.35. The molecule has 0 aliphatic rings. The zero-order chi connectivity index (χ0) is 14.1. The van der Waals surface area contributed by atoms with Crippen LogP contribution in [-0.2, 0) is 6.54 Å².